The molecule has 0 spiro atoms. The third kappa shape index (κ3) is 3.25. The molecule has 0 aliphatic carbocycles. The van der Waals surface area contributed by atoms with Crippen LogP contribution in [0, 0.1) is 11.2 Å². The number of carbonyl (C=O) groups excluding carboxylic acids is 1. The number of carbonyl (C=O) groups is 1. The molecule has 0 radical (unpaired) electrons. The first kappa shape index (κ1) is 14.1. The van der Waals surface area contributed by atoms with Crippen molar-refractivity contribution in [3.63, 3.8) is 0 Å². The van der Waals surface area contributed by atoms with Gasteiger partial charge in [-0.25, -0.2) is 9.37 Å². The van der Waals surface area contributed by atoms with E-state index in [4.69, 9.17) is 0 Å². The Balaban J connectivity index is 3.15. The van der Waals surface area contributed by atoms with Crippen LogP contribution in [0.1, 0.15) is 27.7 Å². The molecule has 0 aliphatic rings. The van der Waals surface area contributed by atoms with Crippen LogP contribution in [0.15, 0.2) is 16.7 Å². The third-order valence-corrected chi connectivity index (χ3v) is 2.68. The number of amides is 1. The maximum atomic E-state index is 13.7. The zero-order valence-electron chi connectivity index (χ0n) is 10.4. The van der Waals surface area contributed by atoms with Crippen molar-refractivity contribution in [2.75, 3.05) is 11.4 Å². The molecule has 1 aromatic rings. The number of halogens is 2. The van der Waals surface area contributed by atoms with Crippen LogP contribution in [0.3, 0.4) is 0 Å². The molecule has 0 aromatic carbocycles. The van der Waals surface area contributed by atoms with Gasteiger partial charge in [0, 0.05) is 22.6 Å². The fraction of sp³-hybridized carbons (Fsp3) is 0.500. The Morgan fingerprint density at radius 1 is 1.53 bits per heavy atom. The summed E-state index contributed by atoms with van der Waals surface area (Å²) in [6, 6.07) is 1.31. The van der Waals surface area contributed by atoms with Crippen LogP contribution in [0.2, 0.25) is 0 Å². The first-order valence-corrected chi connectivity index (χ1v) is 6.19. The van der Waals surface area contributed by atoms with Gasteiger partial charge in [-0.2, -0.15) is 0 Å². The Labute approximate surface area is 109 Å². The van der Waals surface area contributed by atoms with Crippen molar-refractivity contribution in [2.24, 2.45) is 5.41 Å². The maximum Gasteiger partial charge on any atom is 0.233 e. The van der Waals surface area contributed by atoms with Crippen molar-refractivity contribution >= 4 is 27.7 Å². The first-order chi connectivity index (χ1) is 7.77. The Bertz CT molecular complexity index is 429. The van der Waals surface area contributed by atoms with Gasteiger partial charge in [-0.05, 0) is 28.9 Å². The summed E-state index contributed by atoms with van der Waals surface area (Å²) in [5.41, 5.74) is -0.558. The molecule has 17 heavy (non-hydrogen) atoms. The van der Waals surface area contributed by atoms with Gasteiger partial charge in [-0.3, -0.25) is 9.69 Å². The molecule has 0 unspecified atom stereocenters. The number of rotatable bonds is 2. The van der Waals surface area contributed by atoms with Gasteiger partial charge >= 0.3 is 0 Å². The first-order valence-electron chi connectivity index (χ1n) is 5.40. The predicted molar refractivity (Wildman–Crippen MR) is 69.4 cm³/mol. The molecule has 5 heteroatoms. The van der Waals surface area contributed by atoms with E-state index in [1.807, 2.05) is 0 Å². The summed E-state index contributed by atoms with van der Waals surface area (Å²) in [7, 11) is 0. The average molecular weight is 303 g/mol. The lowest BCUT2D eigenvalue weighted by atomic mass is 9.94. The highest BCUT2D eigenvalue weighted by Gasteiger charge is 2.29. The minimum atomic E-state index is -0.558. The molecule has 0 aliphatic heterocycles. The molecule has 0 saturated heterocycles. The standard InChI is InChI=1S/C12H16BrFN2O/c1-5-16(11(17)12(2,3)4)10-9(14)6-8(13)7-15-10/h6-7H,5H2,1-4H3. The number of aromatic nitrogens is 1. The van der Waals surface area contributed by atoms with E-state index >= 15 is 0 Å². The molecule has 0 atom stereocenters. The fourth-order valence-corrected chi connectivity index (χ4v) is 1.70. The van der Waals surface area contributed by atoms with Gasteiger partial charge in [-0.15, -0.1) is 0 Å². The lowest BCUT2D eigenvalue weighted by Gasteiger charge is -2.27. The number of nitrogens with zero attached hydrogens (tertiary/aromatic N) is 2. The second-order valence-corrected chi connectivity index (χ2v) is 5.67. The normalized spacial score (nSPS) is 11.4. The quantitative estimate of drug-likeness (QED) is 0.839. The molecule has 0 N–H and O–H groups in total. The van der Waals surface area contributed by atoms with E-state index < -0.39 is 11.2 Å². The van der Waals surface area contributed by atoms with Gasteiger partial charge in [0.2, 0.25) is 5.91 Å². The summed E-state index contributed by atoms with van der Waals surface area (Å²) in [5, 5.41) is 0. The van der Waals surface area contributed by atoms with Crippen LogP contribution in [-0.2, 0) is 4.79 Å². The van der Waals surface area contributed by atoms with Crippen molar-refractivity contribution in [3.05, 3.63) is 22.6 Å². The van der Waals surface area contributed by atoms with Crippen molar-refractivity contribution in [2.45, 2.75) is 27.7 Å². The highest BCUT2D eigenvalue weighted by Crippen LogP contribution is 2.25. The van der Waals surface area contributed by atoms with E-state index in [0.717, 1.165) is 0 Å². The highest BCUT2D eigenvalue weighted by atomic mass is 79.9. The van der Waals surface area contributed by atoms with Crippen LogP contribution < -0.4 is 4.90 Å². The minimum absolute atomic E-state index is 0.0793. The summed E-state index contributed by atoms with van der Waals surface area (Å²) in [4.78, 5) is 17.5. The zero-order chi connectivity index (χ0) is 13.2. The van der Waals surface area contributed by atoms with Crippen LogP contribution in [0.4, 0.5) is 10.2 Å². The van der Waals surface area contributed by atoms with Crippen LogP contribution in [0.25, 0.3) is 0 Å². The van der Waals surface area contributed by atoms with Gasteiger partial charge < -0.3 is 0 Å². The molecule has 1 amide bonds. The lowest BCUT2D eigenvalue weighted by molar-refractivity contribution is -0.125. The molecule has 94 valence electrons. The summed E-state index contributed by atoms with van der Waals surface area (Å²) in [6.07, 6.45) is 1.48. The van der Waals surface area contributed by atoms with E-state index in [0.29, 0.717) is 11.0 Å². The molecule has 0 bridgehead atoms. The van der Waals surface area contributed by atoms with Crippen molar-refractivity contribution in [1.82, 2.24) is 4.98 Å². The zero-order valence-corrected chi connectivity index (χ0v) is 12.0. The summed E-state index contributed by atoms with van der Waals surface area (Å²) < 4.78 is 14.3. The molecule has 1 aromatic heterocycles. The molecule has 1 rings (SSSR count). The molecule has 3 nitrogen and oxygen atoms in total. The SMILES string of the molecule is CCN(C(=O)C(C)(C)C)c1ncc(Br)cc1F. The van der Waals surface area contributed by atoms with E-state index in [1.54, 1.807) is 27.7 Å². The molecule has 0 fully saturated rings. The fourth-order valence-electron chi connectivity index (χ4n) is 1.40. The summed E-state index contributed by atoms with van der Waals surface area (Å²) in [5.74, 6) is -0.567. The molecular formula is C12H16BrFN2O. The van der Waals surface area contributed by atoms with Crippen LogP contribution >= 0.6 is 15.9 Å². The number of hydrogen-bond donors (Lipinski definition) is 0. The van der Waals surface area contributed by atoms with E-state index in [2.05, 4.69) is 20.9 Å². The third-order valence-electron chi connectivity index (χ3n) is 2.25. The van der Waals surface area contributed by atoms with E-state index in [9.17, 15) is 9.18 Å². The second-order valence-electron chi connectivity index (χ2n) is 4.76. The van der Waals surface area contributed by atoms with Crippen molar-refractivity contribution < 1.29 is 9.18 Å². The van der Waals surface area contributed by atoms with Crippen molar-refractivity contribution in [3.8, 4) is 0 Å². The average Bonchev–Trinajstić information content (AvgIpc) is 2.20. The van der Waals surface area contributed by atoms with Gasteiger partial charge in [-0.1, -0.05) is 20.8 Å². The van der Waals surface area contributed by atoms with Crippen LogP contribution in [0.5, 0.6) is 0 Å². The van der Waals surface area contributed by atoms with Gasteiger partial charge in [0.1, 0.15) is 0 Å². The van der Waals surface area contributed by atoms with Crippen LogP contribution in [-0.4, -0.2) is 17.4 Å². The van der Waals surface area contributed by atoms with E-state index in [-0.39, 0.29) is 11.7 Å². The van der Waals surface area contributed by atoms with E-state index in [1.165, 1.54) is 17.2 Å². The minimum Gasteiger partial charge on any atom is -0.294 e. The number of pyridine rings is 1. The predicted octanol–water partition coefficient (Wildman–Crippen LogP) is 3.38. The number of hydrogen-bond acceptors (Lipinski definition) is 2. The summed E-state index contributed by atoms with van der Waals surface area (Å²) in [6.45, 7) is 7.59. The molecule has 0 saturated carbocycles. The summed E-state index contributed by atoms with van der Waals surface area (Å²) >= 11 is 3.14. The Morgan fingerprint density at radius 3 is 2.53 bits per heavy atom. The maximum absolute atomic E-state index is 13.7. The second kappa shape index (κ2) is 5.12. The van der Waals surface area contributed by atoms with Gasteiger partial charge in [0.15, 0.2) is 11.6 Å². The monoisotopic (exact) mass is 302 g/mol. The smallest absolute Gasteiger partial charge is 0.233 e. The Kier molecular flexibility index (Phi) is 4.25. The Morgan fingerprint density at radius 2 is 2.12 bits per heavy atom. The largest absolute Gasteiger partial charge is 0.294 e. The Hall–Kier alpha value is -0.970. The van der Waals surface area contributed by atoms with Gasteiger partial charge in [0.05, 0.1) is 0 Å². The van der Waals surface area contributed by atoms with Crippen molar-refractivity contribution in [1.29, 1.82) is 0 Å². The lowest BCUT2D eigenvalue weighted by Crippen LogP contribution is -2.40. The topological polar surface area (TPSA) is 33.2 Å². The van der Waals surface area contributed by atoms with Gasteiger partial charge in [0.25, 0.3) is 0 Å². The number of anilines is 1. The molecule has 1 heterocycles. The molecular weight excluding hydrogens is 287 g/mol. The highest BCUT2D eigenvalue weighted by molar-refractivity contribution is 9.10.